The van der Waals surface area contributed by atoms with Gasteiger partial charge in [-0.2, -0.15) is 11.8 Å². The number of hydrogen-bond acceptors (Lipinski definition) is 3. The first-order valence-corrected chi connectivity index (χ1v) is 8.07. The van der Waals surface area contributed by atoms with Gasteiger partial charge in [0.15, 0.2) is 0 Å². The average Bonchev–Trinajstić information content (AvgIpc) is 2.50. The highest BCUT2D eigenvalue weighted by molar-refractivity contribution is 7.99. The number of nitrogens with zero attached hydrogens (tertiary/aromatic N) is 2. The van der Waals surface area contributed by atoms with E-state index in [2.05, 4.69) is 23.0 Å². The van der Waals surface area contributed by atoms with Crippen LogP contribution in [0.25, 0.3) is 0 Å². The number of rotatable bonds is 3. The molecule has 0 aromatic heterocycles. The van der Waals surface area contributed by atoms with Crippen molar-refractivity contribution >= 4 is 11.8 Å². The van der Waals surface area contributed by atoms with Crippen LogP contribution in [0.3, 0.4) is 0 Å². The van der Waals surface area contributed by atoms with E-state index in [0.717, 1.165) is 11.3 Å². The monoisotopic (exact) mass is 242 g/mol. The number of fused-ring (bicyclic) bond motifs is 1. The summed E-state index contributed by atoms with van der Waals surface area (Å²) in [6.07, 6.45) is 7.92. The molecule has 94 valence electrons. The Morgan fingerprint density at radius 3 is 2.81 bits per heavy atom. The van der Waals surface area contributed by atoms with Gasteiger partial charge < -0.3 is 4.90 Å². The smallest absolute Gasteiger partial charge is 0.0223 e. The Labute approximate surface area is 105 Å². The van der Waals surface area contributed by atoms with Crippen molar-refractivity contribution in [3.63, 3.8) is 0 Å². The van der Waals surface area contributed by atoms with E-state index in [1.165, 1.54) is 58.4 Å². The lowest BCUT2D eigenvalue weighted by molar-refractivity contribution is 0.137. The van der Waals surface area contributed by atoms with Gasteiger partial charge in [-0.25, -0.2) is 0 Å². The Morgan fingerprint density at radius 1 is 1.19 bits per heavy atom. The zero-order valence-electron chi connectivity index (χ0n) is 10.8. The van der Waals surface area contributed by atoms with Crippen LogP contribution in [0.2, 0.25) is 0 Å². The predicted octanol–water partition coefficient (Wildman–Crippen LogP) is 2.30. The molecule has 0 aliphatic carbocycles. The summed E-state index contributed by atoms with van der Waals surface area (Å²) in [5.41, 5.74) is 0. The molecule has 2 rings (SSSR count). The van der Waals surface area contributed by atoms with Crippen molar-refractivity contribution in [2.45, 2.75) is 43.9 Å². The van der Waals surface area contributed by atoms with Crippen LogP contribution in [0, 0.1) is 0 Å². The normalized spacial score (nSPS) is 30.8. The van der Waals surface area contributed by atoms with E-state index in [4.69, 9.17) is 0 Å². The molecule has 0 aromatic rings. The summed E-state index contributed by atoms with van der Waals surface area (Å²) in [5.74, 6) is 0. The van der Waals surface area contributed by atoms with E-state index >= 15 is 0 Å². The van der Waals surface area contributed by atoms with E-state index < -0.39 is 0 Å². The fourth-order valence-corrected chi connectivity index (χ4v) is 3.41. The zero-order chi connectivity index (χ0) is 11.4. The largest absolute Gasteiger partial charge is 0.301 e. The summed E-state index contributed by atoms with van der Waals surface area (Å²) >= 11 is 2.00. The molecule has 2 fully saturated rings. The molecule has 2 heterocycles. The summed E-state index contributed by atoms with van der Waals surface area (Å²) < 4.78 is 0. The van der Waals surface area contributed by atoms with Crippen molar-refractivity contribution in [1.82, 2.24) is 9.80 Å². The van der Waals surface area contributed by atoms with Crippen LogP contribution in [0.4, 0.5) is 0 Å². The van der Waals surface area contributed by atoms with Gasteiger partial charge in [-0.05, 0) is 45.2 Å². The average molecular weight is 242 g/mol. The lowest BCUT2D eigenvalue weighted by Crippen LogP contribution is -2.44. The second kappa shape index (κ2) is 6.27. The van der Waals surface area contributed by atoms with Crippen molar-refractivity contribution < 1.29 is 0 Å². The highest BCUT2D eigenvalue weighted by Crippen LogP contribution is 2.21. The van der Waals surface area contributed by atoms with Crippen molar-refractivity contribution in [2.75, 3.05) is 39.0 Å². The van der Waals surface area contributed by atoms with Crippen molar-refractivity contribution in [3.05, 3.63) is 0 Å². The minimum atomic E-state index is 0.787. The van der Waals surface area contributed by atoms with Gasteiger partial charge in [0.25, 0.3) is 0 Å². The van der Waals surface area contributed by atoms with Crippen LogP contribution >= 0.6 is 11.8 Å². The van der Waals surface area contributed by atoms with Gasteiger partial charge in [-0.15, -0.1) is 0 Å². The molecule has 0 bridgehead atoms. The van der Waals surface area contributed by atoms with Crippen molar-refractivity contribution in [1.29, 1.82) is 0 Å². The maximum absolute atomic E-state index is 2.74. The second-order valence-electron chi connectivity index (χ2n) is 5.35. The van der Waals surface area contributed by atoms with Gasteiger partial charge in [-0.3, -0.25) is 4.90 Å². The highest BCUT2D eigenvalue weighted by atomic mass is 32.2. The molecule has 3 heteroatoms. The predicted molar refractivity (Wildman–Crippen MR) is 73.2 cm³/mol. The Balaban J connectivity index is 1.86. The lowest BCUT2D eigenvalue weighted by atomic mass is 10.0. The van der Waals surface area contributed by atoms with Crippen LogP contribution in [0.1, 0.15) is 32.6 Å². The molecule has 0 saturated carbocycles. The molecule has 16 heavy (non-hydrogen) atoms. The molecule has 0 spiro atoms. The molecule has 2 atom stereocenters. The Bertz CT molecular complexity index is 210. The maximum atomic E-state index is 2.74. The van der Waals surface area contributed by atoms with E-state index in [1.807, 2.05) is 11.8 Å². The first kappa shape index (κ1) is 12.7. The standard InChI is InChI=1S/C13H26N2S/c1-12(16-2)10-14-7-5-9-15-8-4-3-6-13(15)11-14/h12-13H,3-11H2,1-2H3. The summed E-state index contributed by atoms with van der Waals surface area (Å²) in [5, 5.41) is 0.787. The third-order valence-electron chi connectivity index (χ3n) is 4.06. The van der Waals surface area contributed by atoms with Gasteiger partial charge in [0.2, 0.25) is 0 Å². The summed E-state index contributed by atoms with van der Waals surface area (Å²) in [6, 6.07) is 0.866. The lowest BCUT2D eigenvalue weighted by Gasteiger charge is -2.35. The Kier molecular flexibility index (Phi) is 4.98. The summed E-state index contributed by atoms with van der Waals surface area (Å²) in [6.45, 7) is 8.98. The number of hydrogen-bond donors (Lipinski definition) is 0. The minimum Gasteiger partial charge on any atom is -0.301 e. The van der Waals surface area contributed by atoms with Crippen molar-refractivity contribution in [2.24, 2.45) is 0 Å². The third-order valence-corrected chi connectivity index (χ3v) is 5.01. The molecule has 0 N–H and O–H groups in total. The Hall–Kier alpha value is 0.270. The van der Waals surface area contributed by atoms with Crippen LogP contribution in [-0.4, -0.2) is 60.1 Å². The minimum absolute atomic E-state index is 0.787. The van der Waals surface area contributed by atoms with Gasteiger partial charge in [0.05, 0.1) is 0 Å². The van der Waals surface area contributed by atoms with E-state index in [-0.39, 0.29) is 0 Å². The SMILES string of the molecule is CSC(C)CN1CCCN2CCCCC2C1. The fourth-order valence-electron chi connectivity index (χ4n) is 3.05. The molecule has 0 radical (unpaired) electrons. The van der Waals surface area contributed by atoms with Gasteiger partial charge in [-0.1, -0.05) is 13.3 Å². The van der Waals surface area contributed by atoms with Crippen LogP contribution in [0.15, 0.2) is 0 Å². The summed E-state index contributed by atoms with van der Waals surface area (Å²) in [7, 11) is 0. The quantitative estimate of drug-likeness (QED) is 0.750. The molecule has 2 aliphatic rings. The third kappa shape index (κ3) is 3.38. The molecule has 0 aromatic carbocycles. The zero-order valence-corrected chi connectivity index (χ0v) is 11.6. The van der Waals surface area contributed by atoms with Gasteiger partial charge >= 0.3 is 0 Å². The molecular weight excluding hydrogens is 216 g/mol. The van der Waals surface area contributed by atoms with Gasteiger partial charge in [0.1, 0.15) is 0 Å². The van der Waals surface area contributed by atoms with E-state index in [0.29, 0.717) is 0 Å². The van der Waals surface area contributed by atoms with E-state index in [9.17, 15) is 0 Å². The molecule has 2 unspecified atom stereocenters. The molecule has 2 nitrogen and oxygen atoms in total. The van der Waals surface area contributed by atoms with Crippen LogP contribution in [0.5, 0.6) is 0 Å². The van der Waals surface area contributed by atoms with Crippen LogP contribution in [-0.2, 0) is 0 Å². The molecule has 2 aliphatic heterocycles. The number of thioether (sulfide) groups is 1. The molecular formula is C13H26N2S. The first-order valence-electron chi connectivity index (χ1n) is 6.79. The van der Waals surface area contributed by atoms with Crippen LogP contribution < -0.4 is 0 Å². The second-order valence-corrected chi connectivity index (χ2v) is 6.62. The molecule has 0 amide bonds. The van der Waals surface area contributed by atoms with E-state index in [1.54, 1.807) is 0 Å². The summed E-state index contributed by atoms with van der Waals surface area (Å²) in [4.78, 5) is 5.45. The Morgan fingerprint density at radius 2 is 2.00 bits per heavy atom. The first-order chi connectivity index (χ1) is 7.79. The molecule has 2 saturated heterocycles. The highest BCUT2D eigenvalue weighted by Gasteiger charge is 2.27. The van der Waals surface area contributed by atoms with Crippen molar-refractivity contribution in [3.8, 4) is 0 Å². The maximum Gasteiger partial charge on any atom is 0.0223 e. The fraction of sp³-hybridized carbons (Fsp3) is 1.00. The number of piperidine rings is 1. The van der Waals surface area contributed by atoms with Gasteiger partial charge in [0, 0.05) is 24.4 Å². The topological polar surface area (TPSA) is 6.48 Å².